The highest BCUT2D eigenvalue weighted by Crippen LogP contribution is 2.67. The van der Waals surface area contributed by atoms with E-state index in [4.69, 9.17) is 0 Å². The van der Waals surface area contributed by atoms with Crippen LogP contribution in [-0.2, 0) is 11.6 Å². The zero-order valence-corrected chi connectivity index (χ0v) is 14.2. The van der Waals surface area contributed by atoms with E-state index in [9.17, 15) is 17.6 Å². The number of rotatable bonds is 1. The zero-order valence-electron chi connectivity index (χ0n) is 14.2. The van der Waals surface area contributed by atoms with Gasteiger partial charge in [0.25, 0.3) is 0 Å². The third-order valence-corrected chi connectivity index (χ3v) is 6.51. The fourth-order valence-electron chi connectivity index (χ4n) is 4.68. The number of aromatic nitrogens is 2. The second-order valence-corrected chi connectivity index (χ2v) is 7.87. The molecule has 0 unspecified atom stereocenters. The van der Waals surface area contributed by atoms with Gasteiger partial charge < -0.3 is 0 Å². The molecule has 1 saturated carbocycles. The van der Waals surface area contributed by atoms with Crippen LogP contribution in [0.15, 0.2) is 24.3 Å². The second-order valence-electron chi connectivity index (χ2n) is 7.87. The monoisotopic (exact) mass is 350 g/mol. The number of fused-ring (bicyclic) bond motifs is 5. The van der Waals surface area contributed by atoms with Gasteiger partial charge in [0.1, 0.15) is 5.82 Å². The highest BCUT2D eigenvalue weighted by Gasteiger charge is 2.60. The van der Waals surface area contributed by atoms with Crippen LogP contribution in [0, 0.1) is 11.2 Å². The van der Waals surface area contributed by atoms with Crippen LogP contribution in [0.5, 0.6) is 0 Å². The van der Waals surface area contributed by atoms with Gasteiger partial charge in [-0.1, -0.05) is 20.8 Å². The summed E-state index contributed by atoms with van der Waals surface area (Å²) in [7, 11) is 0. The van der Waals surface area contributed by atoms with Crippen molar-refractivity contribution in [3.05, 3.63) is 46.9 Å². The maximum absolute atomic E-state index is 13.4. The van der Waals surface area contributed by atoms with Crippen LogP contribution in [0.2, 0.25) is 0 Å². The molecule has 1 heterocycles. The van der Waals surface area contributed by atoms with E-state index in [-0.39, 0.29) is 28.0 Å². The fraction of sp³-hybridized carbons (Fsp3) is 0.474. The molecule has 1 fully saturated rings. The summed E-state index contributed by atoms with van der Waals surface area (Å²) in [5, 5.41) is 8.40. The van der Waals surface area contributed by atoms with E-state index in [1.807, 2.05) is 0 Å². The maximum Gasteiger partial charge on any atom is 0.417 e. The van der Waals surface area contributed by atoms with Crippen molar-refractivity contribution in [2.45, 2.75) is 51.1 Å². The Kier molecular flexibility index (Phi) is 3.17. The third kappa shape index (κ3) is 2.09. The van der Waals surface area contributed by atoms with Crippen LogP contribution in [0.1, 0.15) is 56.4 Å². The van der Waals surface area contributed by atoms with Gasteiger partial charge in [-0.2, -0.15) is 23.4 Å². The van der Waals surface area contributed by atoms with Gasteiger partial charge in [0.2, 0.25) is 0 Å². The minimum Gasteiger partial charge on any atom is -0.207 e. The highest BCUT2D eigenvalue weighted by molar-refractivity contribution is 5.66. The van der Waals surface area contributed by atoms with Crippen LogP contribution in [0.3, 0.4) is 0 Å². The molecule has 0 saturated heterocycles. The Hall–Kier alpha value is -1.98. The lowest BCUT2D eigenvalue weighted by Gasteiger charge is -2.33. The van der Waals surface area contributed by atoms with Gasteiger partial charge in [-0.15, -0.1) is 0 Å². The smallest absolute Gasteiger partial charge is 0.207 e. The second kappa shape index (κ2) is 4.80. The standard InChI is InChI=1S/C19H18F4N2/c1-17(2)13-6-7-18(17,3)16-12(13)9-15(24-25-16)11-5-4-10(20)8-14(11)19(21,22)23/h4-5,8-9,13H,6-7H2,1-3H3/t13-,18+/m0/s1. The first-order chi connectivity index (χ1) is 11.6. The third-order valence-electron chi connectivity index (χ3n) is 6.51. The van der Waals surface area contributed by atoms with Crippen LogP contribution in [0.4, 0.5) is 17.6 Å². The Morgan fingerprint density at radius 3 is 2.48 bits per heavy atom. The summed E-state index contributed by atoms with van der Waals surface area (Å²) in [5.41, 5.74) is 0.782. The number of nitrogens with zero attached hydrogens (tertiary/aromatic N) is 2. The lowest BCUT2D eigenvalue weighted by molar-refractivity contribution is -0.137. The van der Waals surface area contributed by atoms with Gasteiger partial charge in [0.05, 0.1) is 17.0 Å². The van der Waals surface area contributed by atoms with Gasteiger partial charge in [0.15, 0.2) is 0 Å². The first kappa shape index (κ1) is 16.5. The van der Waals surface area contributed by atoms with Crippen LogP contribution in [0.25, 0.3) is 11.3 Å². The Morgan fingerprint density at radius 1 is 1.08 bits per heavy atom. The number of benzene rings is 1. The molecule has 2 nitrogen and oxygen atoms in total. The SMILES string of the molecule is CC1(C)[C@H]2CC[C@]1(C)c1nnc(-c3ccc(F)cc3C(F)(F)F)cc12. The molecule has 132 valence electrons. The first-order valence-electron chi connectivity index (χ1n) is 8.31. The predicted molar refractivity (Wildman–Crippen MR) is 85.5 cm³/mol. The molecule has 2 atom stereocenters. The van der Waals surface area contributed by atoms with Crippen LogP contribution < -0.4 is 0 Å². The van der Waals surface area contributed by atoms with Crippen molar-refractivity contribution in [3.63, 3.8) is 0 Å². The zero-order chi connectivity index (χ0) is 18.2. The summed E-state index contributed by atoms with van der Waals surface area (Å²) in [6.45, 7) is 6.53. The summed E-state index contributed by atoms with van der Waals surface area (Å²) in [4.78, 5) is 0. The van der Waals surface area contributed by atoms with Crippen molar-refractivity contribution < 1.29 is 17.6 Å². The van der Waals surface area contributed by atoms with Crippen molar-refractivity contribution >= 4 is 0 Å². The minimum absolute atomic E-state index is 0.00170. The molecule has 2 aliphatic rings. The molecule has 2 aliphatic carbocycles. The van der Waals surface area contributed by atoms with E-state index >= 15 is 0 Å². The largest absolute Gasteiger partial charge is 0.417 e. The molecule has 2 bridgehead atoms. The summed E-state index contributed by atoms with van der Waals surface area (Å²) in [5.74, 6) is -0.658. The number of hydrogen-bond acceptors (Lipinski definition) is 2. The first-order valence-corrected chi connectivity index (χ1v) is 8.31. The Morgan fingerprint density at radius 2 is 1.80 bits per heavy atom. The highest BCUT2D eigenvalue weighted by atomic mass is 19.4. The van der Waals surface area contributed by atoms with Crippen molar-refractivity contribution in [1.29, 1.82) is 0 Å². The summed E-state index contributed by atoms with van der Waals surface area (Å²) >= 11 is 0. The van der Waals surface area contributed by atoms with Gasteiger partial charge in [-0.05, 0) is 54.0 Å². The number of hydrogen-bond donors (Lipinski definition) is 0. The molecular weight excluding hydrogens is 332 g/mol. The topological polar surface area (TPSA) is 25.8 Å². The Labute approximate surface area is 143 Å². The molecule has 1 aromatic carbocycles. The number of alkyl halides is 3. The summed E-state index contributed by atoms with van der Waals surface area (Å²) in [6, 6.07) is 4.40. The van der Waals surface area contributed by atoms with Gasteiger partial charge >= 0.3 is 6.18 Å². The summed E-state index contributed by atoms with van der Waals surface area (Å²) < 4.78 is 53.3. The van der Waals surface area contributed by atoms with Crippen molar-refractivity contribution in [3.8, 4) is 11.3 Å². The molecule has 4 rings (SSSR count). The van der Waals surface area contributed by atoms with Crippen LogP contribution >= 0.6 is 0 Å². The number of halogens is 4. The Bertz CT molecular complexity index is 872. The average molecular weight is 350 g/mol. The molecular formula is C19H18F4N2. The molecule has 0 aliphatic heterocycles. The maximum atomic E-state index is 13.4. The molecule has 0 amide bonds. The van der Waals surface area contributed by atoms with Gasteiger partial charge in [0, 0.05) is 11.0 Å². The molecule has 1 aromatic heterocycles. The summed E-state index contributed by atoms with van der Waals surface area (Å²) in [6.07, 6.45) is -2.64. The van der Waals surface area contributed by atoms with Crippen molar-refractivity contribution in [2.24, 2.45) is 5.41 Å². The lowest BCUT2D eigenvalue weighted by atomic mass is 9.70. The fourth-order valence-corrected chi connectivity index (χ4v) is 4.68. The quantitative estimate of drug-likeness (QED) is 0.637. The minimum atomic E-state index is -4.65. The molecule has 0 N–H and O–H groups in total. The van der Waals surface area contributed by atoms with Crippen molar-refractivity contribution in [1.82, 2.24) is 10.2 Å². The molecule has 25 heavy (non-hydrogen) atoms. The molecule has 2 aromatic rings. The van der Waals surface area contributed by atoms with E-state index in [0.717, 1.165) is 36.2 Å². The molecule has 0 radical (unpaired) electrons. The Balaban J connectivity index is 1.89. The van der Waals surface area contributed by atoms with E-state index < -0.39 is 17.6 Å². The van der Waals surface area contributed by atoms with Crippen LogP contribution in [-0.4, -0.2) is 10.2 Å². The predicted octanol–water partition coefficient (Wildman–Crippen LogP) is 5.48. The molecule has 0 spiro atoms. The van der Waals surface area contributed by atoms with Crippen molar-refractivity contribution in [2.75, 3.05) is 0 Å². The van der Waals surface area contributed by atoms with E-state index in [2.05, 4.69) is 31.0 Å². The van der Waals surface area contributed by atoms with Gasteiger partial charge in [-0.25, -0.2) is 4.39 Å². The lowest BCUT2D eigenvalue weighted by Crippen LogP contribution is -2.32. The van der Waals surface area contributed by atoms with E-state index in [1.54, 1.807) is 6.07 Å². The van der Waals surface area contributed by atoms with E-state index in [1.165, 1.54) is 0 Å². The normalized spacial score (nSPS) is 26.8. The van der Waals surface area contributed by atoms with E-state index in [0.29, 0.717) is 6.07 Å². The average Bonchev–Trinajstić information content (AvgIpc) is 2.85. The molecule has 6 heteroatoms. The van der Waals surface area contributed by atoms with Gasteiger partial charge in [-0.3, -0.25) is 0 Å².